The van der Waals surface area contributed by atoms with E-state index in [0.717, 1.165) is 60.7 Å². The van der Waals surface area contributed by atoms with Crippen LogP contribution in [0.15, 0.2) is 42.5 Å². The molecule has 2 N–H and O–H groups in total. The van der Waals surface area contributed by atoms with E-state index in [1.165, 1.54) is 0 Å². The number of anilines is 1. The summed E-state index contributed by atoms with van der Waals surface area (Å²) in [6.07, 6.45) is 1.48. The van der Waals surface area contributed by atoms with E-state index in [-0.39, 0.29) is 30.6 Å². The van der Waals surface area contributed by atoms with Crippen LogP contribution in [0.2, 0.25) is 0 Å². The summed E-state index contributed by atoms with van der Waals surface area (Å²) >= 11 is 0. The Morgan fingerprint density at radius 1 is 0.977 bits per heavy atom. The normalized spacial score (nSPS) is 20.0. The molecule has 4 rings (SSSR count). The second kappa shape index (κ2) is 18.2. The minimum atomic E-state index is -0.219. The zero-order valence-corrected chi connectivity index (χ0v) is 26.0. The highest BCUT2D eigenvalue weighted by molar-refractivity contribution is 5.77. The van der Waals surface area contributed by atoms with E-state index in [1.54, 1.807) is 14.2 Å². The molecule has 0 radical (unpaired) electrons. The molecule has 0 aromatic heterocycles. The Balaban J connectivity index is 1.46. The number of piperidine rings is 1. The number of fused-ring (bicyclic) bond motifs is 1. The summed E-state index contributed by atoms with van der Waals surface area (Å²) in [5.74, 6) is 0.763. The standard InChI is InChI=1S/C33H49N3O7/c1-4-12-35-32(37)24-43-31-21-34-20-30(33(31)27-9-6-25(7-10-27)22-40-18-17-39-3)42-23-26-8-11-29-28(19-26)36(14-16-41-29)13-5-15-38-2/h6-11,19,30-31,33-34H,4-5,12-18,20-24H2,1-3H3,(H,35,37)/t30-,31+,33+/m0/s1. The first-order chi connectivity index (χ1) is 21.1. The molecule has 3 atom stereocenters. The molecular weight excluding hydrogens is 550 g/mol. The van der Waals surface area contributed by atoms with Crippen molar-refractivity contribution in [1.82, 2.24) is 10.6 Å². The number of hydrogen-bond acceptors (Lipinski definition) is 9. The van der Waals surface area contributed by atoms with Gasteiger partial charge in [-0.15, -0.1) is 0 Å². The van der Waals surface area contributed by atoms with E-state index >= 15 is 0 Å². The maximum absolute atomic E-state index is 12.4. The van der Waals surface area contributed by atoms with Crippen LogP contribution in [0.5, 0.6) is 5.75 Å². The molecular formula is C33H49N3O7. The second-order valence-electron chi connectivity index (χ2n) is 11.0. The van der Waals surface area contributed by atoms with Gasteiger partial charge < -0.3 is 44.0 Å². The van der Waals surface area contributed by atoms with E-state index in [0.29, 0.717) is 52.7 Å². The molecule has 2 aromatic rings. The number of amides is 1. The van der Waals surface area contributed by atoms with Gasteiger partial charge in [0, 0.05) is 52.9 Å². The van der Waals surface area contributed by atoms with Crippen LogP contribution in [0, 0.1) is 0 Å². The number of methoxy groups -OCH3 is 2. The molecule has 0 spiro atoms. The molecule has 2 aromatic carbocycles. The molecule has 0 aliphatic carbocycles. The van der Waals surface area contributed by atoms with Gasteiger partial charge >= 0.3 is 0 Å². The summed E-state index contributed by atoms with van der Waals surface area (Å²) in [6.45, 7) is 9.31. The Morgan fingerprint density at radius 3 is 2.51 bits per heavy atom. The summed E-state index contributed by atoms with van der Waals surface area (Å²) in [5.41, 5.74) is 4.40. The molecule has 2 heterocycles. The van der Waals surface area contributed by atoms with Gasteiger partial charge in [-0.05, 0) is 41.7 Å². The molecule has 10 nitrogen and oxygen atoms in total. The third-order valence-electron chi connectivity index (χ3n) is 7.78. The van der Waals surface area contributed by atoms with Gasteiger partial charge in [-0.25, -0.2) is 0 Å². The van der Waals surface area contributed by atoms with Crippen molar-refractivity contribution in [2.75, 3.05) is 84.9 Å². The number of nitrogens with one attached hydrogen (secondary N) is 2. The van der Waals surface area contributed by atoms with Gasteiger partial charge in [0.2, 0.25) is 5.91 Å². The van der Waals surface area contributed by atoms with E-state index in [4.69, 9.17) is 28.4 Å². The first-order valence-corrected chi connectivity index (χ1v) is 15.5. The highest BCUT2D eigenvalue weighted by Gasteiger charge is 2.36. The maximum Gasteiger partial charge on any atom is 0.246 e. The predicted octanol–water partition coefficient (Wildman–Crippen LogP) is 3.27. The van der Waals surface area contributed by atoms with E-state index < -0.39 is 0 Å². The summed E-state index contributed by atoms with van der Waals surface area (Å²) in [6, 6.07) is 14.7. The minimum Gasteiger partial charge on any atom is -0.490 e. The smallest absolute Gasteiger partial charge is 0.246 e. The Kier molecular flexibility index (Phi) is 14.0. The lowest BCUT2D eigenvalue weighted by Gasteiger charge is -2.39. The average Bonchev–Trinajstić information content (AvgIpc) is 3.04. The van der Waals surface area contributed by atoms with Crippen molar-refractivity contribution in [2.24, 2.45) is 0 Å². The van der Waals surface area contributed by atoms with Gasteiger partial charge in [0.1, 0.15) is 19.0 Å². The van der Waals surface area contributed by atoms with Crippen molar-refractivity contribution in [3.05, 3.63) is 59.2 Å². The Morgan fingerprint density at radius 2 is 1.74 bits per heavy atom. The van der Waals surface area contributed by atoms with Crippen molar-refractivity contribution >= 4 is 11.6 Å². The lowest BCUT2D eigenvalue weighted by atomic mass is 9.85. The molecule has 0 unspecified atom stereocenters. The number of ether oxygens (including phenoxy) is 6. The van der Waals surface area contributed by atoms with Crippen LogP contribution in [-0.2, 0) is 41.7 Å². The predicted molar refractivity (Wildman–Crippen MR) is 166 cm³/mol. The van der Waals surface area contributed by atoms with E-state index in [9.17, 15) is 4.79 Å². The number of benzene rings is 2. The molecule has 2 aliphatic heterocycles. The molecule has 238 valence electrons. The second-order valence-corrected chi connectivity index (χ2v) is 11.0. The summed E-state index contributed by atoms with van der Waals surface area (Å²) in [5, 5.41) is 6.38. The lowest BCUT2D eigenvalue weighted by molar-refractivity contribution is -0.130. The topological polar surface area (TPSA) is 99.8 Å². The van der Waals surface area contributed by atoms with Gasteiger partial charge in [-0.2, -0.15) is 0 Å². The molecule has 2 aliphatic rings. The van der Waals surface area contributed by atoms with Crippen LogP contribution in [0.4, 0.5) is 5.69 Å². The zero-order chi connectivity index (χ0) is 30.3. The number of rotatable bonds is 18. The van der Waals surface area contributed by atoms with Crippen molar-refractivity contribution in [2.45, 2.75) is 51.1 Å². The first-order valence-electron chi connectivity index (χ1n) is 15.5. The van der Waals surface area contributed by atoms with Crippen molar-refractivity contribution in [1.29, 1.82) is 0 Å². The SMILES string of the molecule is CCCNC(=O)CO[C@@H]1CNC[C@H](OCc2ccc3c(c2)N(CCCOC)CCO3)[C@H]1c1ccc(COCCOC)cc1. The summed E-state index contributed by atoms with van der Waals surface area (Å²) in [4.78, 5) is 14.7. The molecule has 0 bridgehead atoms. The third kappa shape index (κ3) is 10.2. The van der Waals surface area contributed by atoms with Crippen molar-refractivity contribution in [3.63, 3.8) is 0 Å². The quantitative estimate of drug-likeness (QED) is 0.250. The summed E-state index contributed by atoms with van der Waals surface area (Å²) in [7, 11) is 3.40. The number of hydrogen-bond donors (Lipinski definition) is 2. The molecule has 10 heteroatoms. The van der Waals surface area contributed by atoms with Gasteiger partial charge in [-0.3, -0.25) is 4.79 Å². The molecule has 43 heavy (non-hydrogen) atoms. The first kappa shape index (κ1) is 33.2. The van der Waals surface area contributed by atoms with Gasteiger partial charge in [0.15, 0.2) is 0 Å². The van der Waals surface area contributed by atoms with E-state index in [2.05, 4.69) is 51.9 Å². The van der Waals surface area contributed by atoms with Crippen LogP contribution in [-0.4, -0.2) is 98.1 Å². The molecule has 1 amide bonds. The van der Waals surface area contributed by atoms with Crippen molar-refractivity contribution in [3.8, 4) is 5.75 Å². The Bertz CT molecular complexity index is 1100. The van der Waals surface area contributed by atoms with Crippen LogP contribution >= 0.6 is 0 Å². The zero-order valence-electron chi connectivity index (χ0n) is 26.0. The Hall–Kier alpha value is -2.73. The monoisotopic (exact) mass is 599 g/mol. The lowest BCUT2D eigenvalue weighted by Crippen LogP contribution is -2.51. The molecule has 1 fully saturated rings. The van der Waals surface area contributed by atoms with Gasteiger partial charge in [0.05, 0.1) is 50.9 Å². The molecule has 0 saturated carbocycles. The van der Waals surface area contributed by atoms with Crippen LogP contribution < -0.4 is 20.3 Å². The minimum absolute atomic E-state index is 0.0186. The molecule has 1 saturated heterocycles. The van der Waals surface area contributed by atoms with Crippen LogP contribution in [0.3, 0.4) is 0 Å². The van der Waals surface area contributed by atoms with Crippen LogP contribution in [0.25, 0.3) is 0 Å². The largest absolute Gasteiger partial charge is 0.490 e. The highest BCUT2D eigenvalue weighted by Crippen LogP contribution is 2.34. The fourth-order valence-corrected chi connectivity index (χ4v) is 5.53. The average molecular weight is 600 g/mol. The Labute approximate surface area is 256 Å². The van der Waals surface area contributed by atoms with E-state index in [1.807, 2.05) is 13.0 Å². The fourth-order valence-electron chi connectivity index (χ4n) is 5.53. The third-order valence-corrected chi connectivity index (χ3v) is 7.78. The number of carbonyl (C=O) groups is 1. The fraction of sp³-hybridized carbons (Fsp3) is 0.606. The van der Waals surface area contributed by atoms with Gasteiger partial charge in [-0.1, -0.05) is 37.3 Å². The summed E-state index contributed by atoms with van der Waals surface area (Å²) < 4.78 is 34.8. The maximum atomic E-state index is 12.4. The van der Waals surface area contributed by atoms with Gasteiger partial charge in [0.25, 0.3) is 0 Å². The van der Waals surface area contributed by atoms with Crippen LogP contribution in [0.1, 0.15) is 42.4 Å². The highest BCUT2D eigenvalue weighted by atomic mass is 16.5. The number of nitrogens with zero attached hydrogens (tertiary/aromatic N) is 1. The number of carbonyl (C=O) groups excluding carboxylic acids is 1. The van der Waals surface area contributed by atoms with Crippen molar-refractivity contribution < 1.29 is 33.2 Å².